The molecule has 1 aromatic carbocycles. The van der Waals surface area contributed by atoms with Gasteiger partial charge in [0.15, 0.2) is 0 Å². The number of carbonyl (C=O) groups is 1. The second-order valence-corrected chi connectivity index (χ2v) is 7.19. The van der Waals surface area contributed by atoms with Crippen molar-refractivity contribution >= 4 is 15.9 Å². The van der Waals surface area contributed by atoms with Crippen molar-refractivity contribution in [2.75, 3.05) is 0 Å². The lowest BCUT2D eigenvalue weighted by molar-refractivity contribution is 0.0937. The molecular formula is C14H20N2O3S. The van der Waals surface area contributed by atoms with Crippen molar-refractivity contribution in [2.24, 2.45) is 11.1 Å². The molecule has 2 rings (SSSR count). The number of benzene rings is 1. The fourth-order valence-corrected chi connectivity index (χ4v) is 2.90. The third kappa shape index (κ3) is 4.05. The summed E-state index contributed by atoms with van der Waals surface area (Å²) in [6, 6.07) is 4.53. The lowest BCUT2D eigenvalue weighted by Gasteiger charge is -2.14. The van der Waals surface area contributed by atoms with Crippen molar-refractivity contribution in [1.29, 1.82) is 0 Å². The number of hydrogen-bond acceptors (Lipinski definition) is 3. The predicted molar refractivity (Wildman–Crippen MR) is 76.8 cm³/mol. The Balaban J connectivity index is 2.14. The van der Waals surface area contributed by atoms with Gasteiger partial charge >= 0.3 is 0 Å². The van der Waals surface area contributed by atoms with Crippen LogP contribution in [0.15, 0.2) is 23.1 Å². The number of amides is 1. The van der Waals surface area contributed by atoms with Crippen LogP contribution in [0.2, 0.25) is 0 Å². The highest BCUT2D eigenvalue weighted by atomic mass is 32.2. The maximum atomic E-state index is 12.1. The van der Waals surface area contributed by atoms with E-state index in [9.17, 15) is 13.2 Å². The van der Waals surface area contributed by atoms with Crippen LogP contribution in [0.1, 0.15) is 42.1 Å². The molecule has 6 heteroatoms. The number of hydrogen-bond donors (Lipinski definition) is 2. The number of nitrogens with two attached hydrogens (primary N) is 1. The smallest absolute Gasteiger partial charge is 0.251 e. The Morgan fingerprint density at radius 1 is 1.40 bits per heavy atom. The van der Waals surface area contributed by atoms with Gasteiger partial charge in [0.2, 0.25) is 10.0 Å². The van der Waals surface area contributed by atoms with Crippen LogP contribution < -0.4 is 10.5 Å². The summed E-state index contributed by atoms with van der Waals surface area (Å²) in [5.74, 6) is 0.467. The predicted octanol–water partition coefficient (Wildman–Crippen LogP) is 1.56. The zero-order valence-electron chi connectivity index (χ0n) is 11.7. The van der Waals surface area contributed by atoms with E-state index in [0.717, 1.165) is 12.3 Å². The van der Waals surface area contributed by atoms with E-state index in [4.69, 9.17) is 5.14 Å². The molecule has 1 saturated carbocycles. The van der Waals surface area contributed by atoms with Gasteiger partial charge in [0.25, 0.3) is 5.91 Å². The largest absolute Gasteiger partial charge is 0.350 e. The third-order valence-corrected chi connectivity index (χ3v) is 4.30. The molecule has 0 bridgehead atoms. The molecule has 5 nitrogen and oxygen atoms in total. The fourth-order valence-electron chi connectivity index (χ4n) is 2.26. The molecular weight excluding hydrogens is 276 g/mol. The lowest BCUT2D eigenvalue weighted by atomic mass is 10.1. The monoisotopic (exact) mass is 296 g/mol. The van der Waals surface area contributed by atoms with Gasteiger partial charge in [-0.1, -0.05) is 12.8 Å². The molecule has 0 aliphatic heterocycles. The van der Waals surface area contributed by atoms with Crippen LogP contribution in [-0.2, 0) is 10.0 Å². The first-order valence-corrected chi connectivity index (χ1v) is 8.25. The molecule has 1 aromatic rings. The molecule has 110 valence electrons. The third-order valence-electron chi connectivity index (χ3n) is 3.40. The quantitative estimate of drug-likeness (QED) is 0.864. The van der Waals surface area contributed by atoms with E-state index >= 15 is 0 Å². The van der Waals surface area contributed by atoms with Crippen molar-refractivity contribution in [3.63, 3.8) is 0 Å². The first-order valence-electron chi connectivity index (χ1n) is 6.71. The molecule has 0 aromatic heterocycles. The van der Waals surface area contributed by atoms with E-state index < -0.39 is 10.0 Å². The number of rotatable bonds is 5. The summed E-state index contributed by atoms with van der Waals surface area (Å²) in [7, 11) is -3.80. The van der Waals surface area contributed by atoms with Crippen molar-refractivity contribution < 1.29 is 13.2 Å². The minimum atomic E-state index is -3.80. The maximum absolute atomic E-state index is 12.1. The topological polar surface area (TPSA) is 89.3 Å². The molecule has 0 spiro atoms. The molecule has 1 aliphatic carbocycles. The second kappa shape index (κ2) is 5.54. The molecule has 1 amide bonds. The summed E-state index contributed by atoms with van der Waals surface area (Å²) in [6.07, 6.45) is 3.44. The average molecular weight is 296 g/mol. The molecule has 1 aliphatic rings. The van der Waals surface area contributed by atoms with Crippen molar-refractivity contribution in [1.82, 2.24) is 5.32 Å². The summed E-state index contributed by atoms with van der Waals surface area (Å²) in [5, 5.41) is 8.01. The van der Waals surface area contributed by atoms with Gasteiger partial charge in [0, 0.05) is 11.6 Å². The highest BCUT2D eigenvalue weighted by molar-refractivity contribution is 7.89. The van der Waals surface area contributed by atoms with Crippen LogP contribution in [0.4, 0.5) is 0 Å². The zero-order valence-corrected chi connectivity index (χ0v) is 12.5. The van der Waals surface area contributed by atoms with Gasteiger partial charge < -0.3 is 5.32 Å². The summed E-state index contributed by atoms with van der Waals surface area (Å²) in [6.45, 7) is 3.70. The van der Waals surface area contributed by atoms with Gasteiger partial charge in [-0.3, -0.25) is 4.79 Å². The Morgan fingerprint density at radius 2 is 2.05 bits per heavy atom. The van der Waals surface area contributed by atoms with E-state index in [0.29, 0.717) is 11.1 Å². The Hall–Kier alpha value is -1.40. The zero-order chi connectivity index (χ0) is 14.9. The molecule has 1 atom stereocenters. The van der Waals surface area contributed by atoms with E-state index in [1.807, 2.05) is 6.92 Å². The molecule has 0 saturated heterocycles. The molecule has 1 fully saturated rings. The van der Waals surface area contributed by atoms with Gasteiger partial charge in [0.05, 0.1) is 4.90 Å². The summed E-state index contributed by atoms with van der Waals surface area (Å²) in [4.78, 5) is 12.1. The number of primary sulfonamides is 1. The van der Waals surface area contributed by atoms with E-state index in [2.05, 4.69) is 5.32 Å². The number of carbonyl (C=O) groups excluding carboxylic acids is 1. The van der Waals surface area contributed by atoms with E-state index in [1.54, 1.807) is 13.0 Å². The summed E-state index contributed by atoms with van der Waals surface area (Å²) < 4.78 is 22.8. The van der Waals surface area contributed by atoms with Gasteiger partial charge in [-0.15, -0.1) is 0 Å². The summed E-state index contributed by atoms with van der Waals surface area (Å²) in [5.41, 5.74) is 1.02. The fraction of sp³-hybridized carbons (Fsp3) is 0.500. The van der Waals surface area contributed by atoms with Gasteiger partial charge in [-0.25, -0.2) is 13.6 Å². The van der Waals surface area contributed by atoms with Crippen molar-refractivity contribution in [3.8, 4) is 0 Å². The summed E-state index contributed by atoms with van der Waals surface area (Å²) >= 11 is 0. The van der Waals surface area contributed by atoms with Crippen LogP contribution in [0, 0.1) is 12.8 Å². The van der Waals surface area contributed by atoms with Crippen molar-refractivity contribution in [3.05, 3.63) is 29.3 Å². The van der Waals surface area contributed by atoms with Crippen LogP contribution >= 0.6 is 0 Å². The minimum Gasteiger partial charge on any atom is -0.350 e. The first kappa shape index (κ1) is 15.0. The van der Waals surface area contributed by atoms with Crippen LogP contribution in [0.25, 0.3) is 0 Å². The highest BCUT2D eigenvalue weighted by Gasteiger charge is 2.24. The average Bonchev–Trinajstić information content (AvgIpc) is 3.10. The number of nitrogens with one attached hydrogen (secondary N) is 1. The SMILES string of the molecule is Cc1cc(C(=O)NC(C)CC2CC2)cc(S(N)(=O)=O)c1. The lowest BCUT2D eigenvalue weighted by Crippen LogP contribution is -2.33. The molecule has 3 N–H and O–H groups in total. The maximum Gasteiger partial charge on any atom is 0.251 e. The molecule has 20 heavy (non-hydrogen) atoms. The van der Waals surface area contributed by atoms with Gasteiger partial charge in [0.1, 0.15) is 0 Å². The number of aryl methyl sites for hydroxylation is 1. The standard InChI is InChI=1S/C14H20N2O3S/c1-9-5-12(8-13(6-9)20(15,18)19)14(17)16-10(2)7-11-3-4-11/h5-6,8,10-11H,3-4,7H2,1-2H3,(H,16,17)(H2,15,18,19). The first-order chi connectivity index (χ1) is 9.25. The normalized spacial score (nSPS) is 16.8. The van der Waals surface area contributed by atoms with E-state index in [-0.39, 0.29) is 16.8 Å². The Bertz CT molecular complexity index is 621. The van der Waals surface area contributed by atoms with Crippen LogP contribution in [0.3, 0.4) is 0 Å². The highest BCUT2D eigenvalue weighted by Crippen LogP contribution is 2.33. The van der Waals surface area contributed by atoms with Gasteiger partial charge in [-0.2, -0.15) is 0 Å². The number of sulfonamides is 1. The van der Waals surface area contributed by atoms with Crippen molar-refractivity contribution in [2.45, 2.75) is 44.0 Å². The van der Waals surface area contributed by atoms with Crippen LogP contribution in [0.5, 0.6) is 0 Å². The van der Waals surface area contributed by atoms with E-state index in [1.165, 1.54) is 25.0 Å². The Kier molecular flexibility index (Phi) is 4.15. The van der Waals surface area contributed by atoms with Crippen LogP contribution in [-0.4, -0.2) is 20.4 Å². The molecule has 0 heterocycles. The second-order valence-electron chi connectivity index (χ2n) is 5.63. The molecule has 1 unspecified atom stereocenters. The Morgan fingerprint density at radius 3 is 2.60 bits per heavy atom. The molecule has 0 radical (unpaired) electrons. The minimum absolute atomic E-state index is 0.0301. The Labute approximate surface area is 119 Å². The van der Waals surface area contributed by atoms with Gasteiger partial charge in [-0.05, 0) is 49.9 Å².